The van der Waals surface area contributed by atoms with Crippen LogP contribution >= 0.6 is 0 Å². The smallest absolute Gasteiger partial charge is 0.328 e. The van der Waals surface area contributed by atoms with Crippen molar-refractivity contribution >= 4 is 22.9 Å². The number of benzene rings is 1. The van der Waals surface area contributed by atoms with Crippen LogP contribution in [0.2, 0.25) is 0 Å². The van der Waals surface area contributed by atoms with Gasteiger partial charge in [-0.2, -0.15) is 0 Å². The van der Waals surface area contributed by atoms with Gasteiger partial charge in [-0.25, -0.2) is 14.2 Å². The number of esters is 1. The third kappa shape index (κ3) is 4.67. The number of ether oxygens (including phenoxy) is 2. The van der Waals surface area contributed by atoms with Gasteiger partial charge in [0.1, 0.15) is 23.3 Å². The Bertz CT molecular complexity index is 1270. The van der Waals surface area contributed by atoms with Crippen LogP contribution in [0.5, 0.6) is 5.75 Å². The molecule has 0 spiro atoms. The molecule has 9 heteroatoms. The van der Waals surface area contributed by atoms with Gasteiger partial charge in [0.15, 0.2) is 0 Å². The van der Waals surface area contributed by atoms with Crippen molar-refractivity contribution in [3.8, 4) is 16.9 Å². The Hall–Kier alpha value is -3.46. The molecule has 190 valence electrons. The summed E-state index contributed by atoms with van der Waals surface area (Å²) >= 11 is 0. The highest BCUT2D eigenvalue weighted by atomic mass is 19.1. The van der Waals surface area contributed by atoms with Gasteiger partial charge in [0.2, 0.25) is 5.91 Å². The van der Waals surface area contributed by atoms with Gasteiger partial charge in [0.05, 0.1) is 20.8 Å². The molecule has 2 aliphatic heterocycles. The van der Waals surface area contributed by atoms with Gasteiger partial charge >= 0.3 is 5.97 Å². The van der Waals surface area contributed by atoms with Crippen LogP contribution in [0.1, 0.15) is 37.3 Å². The number of nitrogens with one attached hydrogen (secondary N) is 1. The molecule has 0 radical (unpaired) electrons. The van der Waals surface area contributed by atoms with Crippen molar-refractivity contribution in [3.63, 3.8) is 0 Å². The minimum absolute atomic E-state index is 0.00940. The molecule has 4 heterocycles. The molecule has 0 bridgehead atoms. The number of nitrogens with zero attached hydrogens (tertiary/aromatic N) is 3. The first kappa shape index (κ1) is 24.2. The highest BCUT2D eigenvalue weighted by Gasteiger charge is 2.35. The van der Waals surface area contributed by atoms with Crippen LogP contribution < -0.4 is 4.74 Å². The minimum atomic E-state index is -0.454. The van der Waals surface area contributed by atoms with Crippen molar-refractivity contribution in [2.45, 2.75) is 37.6 Å². The molecule has 2 aliphatic rings. The van der Waals surface area contributed by atoms with E-state index in [0.29, 0.717) is 36.7 Å². The van der Waals surface area contributed by atoms with Crippen LogP contribution in [0, 0.1) is 5.82 Å². The average molecular weight is 495 g/mol. The predicted octanol–water partition coefficient (Wildman–Crippen LogP) is 3.72. The largest absolute Gasteiger partial charge is 0.496 e. The molecule has 0 aliphatic carbocycles. The van der Waals surface area contributed by atoms with Crippen LogP contribution in [0.3, 0.4) is 0 Å². The van der Waals surface area contributed by atoms with E-state index in [1.165, 1.54) is 19.2 Å². The van der Waals surface area contributed by atoms with Gasteiger partial charge in [-0.3, -0.25) is 9.69 Å². The first-order valence-corrected chi connectivity index (χ1v) is 12.4. The number of aromatic nitrogens is 2. The SMILES string of the molecule is COC(=O)C1CCCN1C(=O)CN1CCC(c2cc3c(-c4cc(F)ccc4OC)ccnc3[nH]2)CC1. The van der Waals surface area contributed by atoms with E-state index in [2.05, 4.69) is 20.9 Å². The molecule has 1 aromatic carbocycles. The molecule has 1 unspecified atom stereocenters. The number of fused-ring (bicyclic) bond motifs is 1. The molecule has 1 N–H and O–H groups in total. The number of hydrogen-bond donors (Lipinski definition) is 1. The Morgan fingerprint density at radius 2 is 1.89 bits per heavy atom. The van der Waals surface area contributed by atoms with Gasteiger partial charge in [-0.1, -0.05) is 0 Å². The quantitative estimate of drug-likeness (QED) is 0.526. The number of methoxy groups -OCH3 is 2. The van der Waals surface area contributed by atoms with Crippen LogP contribution in [0.15, 0.2) is 36.5 Å². The van der Waals surface area contributed by atoms with Gasteiger partial charge in [-0.15, -0.1) is 0 Å². The molecule has 2 aromatic heterocycles. The summed E-state index contributed by atoms with van der Waals surface area (Å²) in [6.45, 7) is 2.51. The summed E-state index contributed by atoms with van der Waals surface area (Å²) in [5.74, 6) is 0.256. The normalized spacial score (nSPS) is 19.1. The number of piperidine rings is 1. The number of amides is 1. The second-order valence-corrected chi connectivity index (χ2v) is 9.51. The van der Waals surface area contributed by atoms with Crippen LogP contribution in [-0.2, 0) is 14.3 Å². The zero-order chi connectivity index (χ0) is 25.2. The van der Waals surface area contributed by atoms with Crippen molar-refractivity contribution in [1.29, 1.82) is 0 Å². The second-order valence-electron chi connectivity index (χ2n) is 9.51. The number of pyridine rings is 1. The molecular formula is C27H31FN4O4. The molecule has 3 aromatic rings. The van der Waals surface area contributed by atoms with E-state index in [1.54, 1.807) is 24.3 Å². The summed E-state index contributed by atoms with van der Waals surface area (Å²) < 4.78 is 24.4. The predicted molar refractivity (Wildman–Crippen MR) is 133 cm³/mol. The maximum absolute atomic E-state index is 14.0. The lowest BCUT2D eigenvalue weighted by Crippen LogP contribution is -2.47. The van der Waals surface area contributed by atoms with E-state index in [9.17, 15) is 14.0 Å². The molecule has 5 rings (SSSR count). The molecule has 0 saturated carbocycles. The Labute approximate surface area is 209 Å². The molecule has 36 heavy (non-hydrogen) atoms. The van der Waals surface area contributed by atoms with E-state index >= 15 is 0 Å². The number of likely N-dealkylation sites (tertiary alicyclic amines) is 2. The lowest BCUT2D eigenvalue weighted by atomic mass is 9.93. The summed E-state index contributed by atoms with van der Waals surface area (Å²) in [4.78, 5) is 36.7. The highest BCUT2D eigenvalue weighted by Crippen LogP contribution is 2.37. The number of aromatic amines is 1. The monoisotopic (exact) mass is 494 g/mol. The van der Waals surface area contributed by atoms with E-state index < -0.39 is 6.04 Å². The summed E-state index contributed by atoms with van der Waals surface area (Å²) in [5, 5.41) is 0.928. The Morgan fingerprint density at radius 1 is 1.08 bits per heavy atom. The second kappa shape index (κ2) is 10.3. The fourth-order valence-electron chi connectivity index (χ4n) is 5.52. The maximum Gasteiger partial charge on any atom is 0.328 e. The number of rotatable bonds is 6. The topological polar surface area (TPSA) is 87.8 Å². The third-order valence-electron chi connectivity index (χ3n) is 7.44. The molecule has 2 saturated heterocycles. The van der Waals surface area contributed by atoms with E-state index in [-0.39, 0.29) is 17.7 Å². The van der Waals surface area contributed by atoms with Crippen LogP contribution in [0.25, 0.3) is 22.2 Å². The van der Waals surface area contributed by atoms with E-state index in [4.69, 9.17) is 9.47 Å². The summed E-state index contributed by atoms with van der Waals surface area (Å²) in [7, 11) is 2.95. The number of halogens is 1. The Balaban J connectivity index is 1.27. The van der Waals surface area contributed by atoms with E-state index in [1.807, 2.05) is 6.07 Å². The molecule has 2 fully saturated rings. The van der Waals surface area contributed by atoms with Gasteiger partial charge in [0.25, 0.3) is 0 Å². The van der Waals surface area contributed by atoms with Gasteiger partial charge in [-0.05, 0) is 74.7 Å². The standard InChI is InChI=1S/C27H31FN4O4/c1-35-24-6-5-18(28)14-20(24)19-7-10-29-26-21(19)15-22(30-26)17-8-12-31(13-9-17)16-25(33)32-11-3-4-23(32)27(34)36-2/h5-7,10,14-15,17,23H,3-4,8-9,11-13,16H2,1-2H3,(H,29,30). The summed E-state index contributed by atoms with van der Waals surface area (Å²) in [6, 6.07) is 8.05. The summed E-state index contributed by atoms with van der Waals surface area (Å²) in [6.07, 6.45) is 5.01. The van der Waals surface area contributed by atoms with Crippen molar-refractivity contribution in [1.82, 2.24) is 19.8 Å². The van der Waals surface area contributed by atoms with Gasteiger partial charge in [0, 0.05) is 35.3 Å². The lowest BCUT2D eigenvalue weighted by Gasteiger charge is -2.33. The van der Waals surface area contributed by atoms with Crippen molar-refractivity contribution in [3.05, 3.63) is 48.0 Å². The third-order valence-corrected chi connectivity index (χ3v) is 7.44. The van der Waals surface area contributed by atoms with Crippen molar-refractivity contribution in [2.75, 3.05) is 40.4 Å². The zero-order valence-corrected chi connectivity index (χ0v) is 20.6. The number of H-pyrrole nitrogens is 1. The molecule has 1 amide bonds. The van der Waals surface area contributed by atoms with Crippen molar-refractivity contribution < 1.29 is 23.5 Å². The first-order valence-electron chi connectivity index (χ1n) is 12.4. The Morgan fingerprint density at radius 3 is 2.64 bits per heavy atom. The number of carbonyl (C=O) groups is 2. The van der Waals surface area contributed by atoms with Crippen molar-refractivity contribution in [2.24, 2.45) is 0 Å². The maximum atomic E-state index is 14.0. The highest BCUT2D eigenvalue weighted by molar-refractivity contribution is 5.95. The summed E-state index contributed by atoms with van der Waals surface area (Å²) in [5.41, 5.74) is 3.41. The average Bonchev–Trinajstić information content (AvgIpc) is 3.56. The fourth-order valence-corrected chi connectivity index (χ4v) is 5.52. The minimum Gasteiger partial charge on any atom is -0.496 e. The molecule has 8 nitrogen and oxygen atoms in total. The van der Waals surface area contributed by atoms with Crippen LogP contribution in [-0.4, -0.2) is 78.1 Å². The molecule has 1 atom stereocenters. The zero-order valence-electron chi connectivity index (χ0n) is 20.6. The number of hydrogen-bond acceptors (Lipinski definition) is 6. The van der Waals surface area contributed by atoms with Gasteiger partial charge < -0.3 is 19.4 Å². The van der Waals surface area contributed by atoms with Crippen LogP contribution in [0.4, 0.5) is 4.39 Å². The fraction of sp³-hybridized carbons (Fsp3) is 0.444. The number of carbonyl (C=O) groups excluding carboxylic acids is 2. The molecular weight excluding hydrogens is 463 g/mol. The Kier molecular flexibility index (Phi) is 6.91. The first-order chi connectivity index (χ1) is 17.5. The van der Waals surface area contributed by atoms with E-state index in [0.717, 1.165) is 54.6 Å². The lowest BCUT2D eigenvalue weighted by molar-refractivity contribution is -0.151.